The van der Waals surface area contributed by atoms with Gasteiger partial charge >= 0.3 is 24.3 Å². The number of rotatable bonds is 8. The molecule has 0 amide bonds. The Morgan fingerprint density at radius 2 is 1.46 bits per heavy atom. The monoisotopic (exact) mass is 452 g/mol. The Bertz CT molecular complexity index is 691. The van der Waals surface area contributed by atoms with Gasteiger partial charge in [0.1, 0.15) is 5.75 Å². The Morgan fingerprint density at radius 1 is 1.00 bits per heavy atom. The second kappa shape index (κ2) is 8.59. The Morgan fingerprint density at radius 3 is 1.79 bits per heavy atom. The predicted octanol–water partition coefficient (Wildman–Crippen LogP) is 2.42. The molecule has 16 heteroatoms. The third kappa shape index (κ3) is 9.29. The second-order valence-corrected chi connectivity index (χ2v) is 6.83. The van der Waals surface area contributed by atoms with Crippen LogP contribution in [0, 0.1) is 0 Å². The summed E-state index contributed by atoms with van der Waals surface area (Å²) >= 11 is 0. The predicted molar refractivity (Wildman–Crippen MR) is 72.7 cm³/mol. The summed E-state index contributed by atoms with van der Waals surface area (Å²) in [5.74, 6) is -10.9. The molecular formula is C12H12F8O7S. The summed E-state index contributed by atoms with van der Waals surface area (Å²) in [6, 6.07) is 0. The van der Waals surface area contributed by atoms with Crippen LogP contribution in [0.2, 0.25) is 0 Å². The second-order valence-electron chi connectivity index (χ2n) is 5.33. The van der Waals surface area contributed by atoms with Crippen molar-refractivity contribution in [3.8, 4) is 0 Å². The zero-order chi connectivity index (χ0) is 22.7. The summed E-state index contributed by atoms with van der Waals surface area (Å²) in [5, 5.41) is 0. The number of hydrogen-bond donors (Lipinski definition) is 1. The lowest BCUT2D eigenvalue weighted by molar-refractivity contribution is -0.273. The molecule has 1 N–H and O–H groups in total. The van der Waals surface area contributed by atoms with Crippen molar-refractivity contribution in [3.05, 3.63) is 12.2 Å². The van der Waals surface area contributed by atoms with E-state index in [1.54, 1.807) is 0 Å². The number of hydrogen-bond acceptors (Lipinski definition) is 6. The zero-order valence-electron chi connectivity index (χ0n) is 13.6. The number of carbonyl (C=O) groups is 2. The van der Waals surface area contributed by atoms with Crippen molar-refractivity contribution in [3.63, 3.8) is 0 Å². The Hall–Kier alpha value is -1.97. The molecule has 0 heterocycles. The van der Waals surface area contributed by atoms with Gasteiger partial charge in [-0.15, -0.1) is 0 Å². The average Bonchev–Trinajstić information content (AvgIpc) is 2.38. The van der Waals surface area contributed by atoms with E-state index in [9.17, 15) is 53.1 Å². The third-order valence-electron chi connectivity index (χ3n) is 2.63. The van der Waals surface area contributed by atoms with Gasteiger partial charge in [0.2, 0.25) is 6.10 Å². The van der Waals surface area contributed by atoms with Crippen molar-refractivity contribution >= 4 is 22.1 Å². The maximum absolute atomic E-state index is 12.9. The molecule has 0 aromatic heterocycles. The van der Waals surface area contributed by atoms with Crippen LogP contribution in [0.4, 0.5) is 35.1 Å². The van der Waals surface area contributed by atoms with Crippen LogP contribution < -0.4 is 0 Å². The van der Waals surface area contributed by atoms with Crippen molar-refractivity contribution in [2.75, 3.05) is 5.75 Å². The van der Waals surface area contributed by atoms with Crippen LogP contribution in [0.1, 0.15) is 13.3 Å². The number of carbonyl (C=O) groups excluding carboxylic acids is 2. The summed E-state index contributed by atoms with van der Waals surface area (Å²) in [6.45, 7) is 2.52. The van der Waals surface area contributed by atoms with E-state index in [0.717, 1.165) is 0 Å². The lowest BCUT2D eigenvalue weighted by Crippen LogP contribution is -2.46. The normalized spacial score (nSPS) is 15.5. The van der Waals surface area contributed by atoms with Crippen LogP contribution in [-0.2, 0) is 29.2 Å². The van der Waals surface area contributed by atoms with Gasteiger partial charge in [0.05, 0.1) is 6.42 Å². The van der Waals surface area contributed by atoms with Crippen LogP contribution in [0.3, 0.4) is 0 Å². The van der Waals surface area contributed by atoms with Gasteiger partial charge in [0, 0.05) is 12.5 Å². The van der Waals surface area contributed by atoms with E-state index in [1.165, 1.54) is 0 Å². The van der Waals surface area contributed by atoms with Crippen molar-refractivity contribution in [1.29, 1.82) is 0 Å². The van der Waals surface area contributed by atoms with Crippen molar-refractivity contribution in [2.45, 2.75) is 43.8 Å². The highest BCUT2D eigenvalue weighted by atomic mass is 32.2. The minimum atomic E-state index is -5.70. The summed E-state index contributed by atoms with van der Waals surface area (Å²) in [7, 11) is -5.28. The van der Waals surface area contributed by atoms with Gasteiger partial charge in [-0.05, 0) is 0 Å². The molecule has 2 unspecified atom stereocenters. The SMILES string of the molecule is C=C(CC(=O)OC(C(C)(F)F)C(F)(F)F)C(=O)OC(CS(=O)(=O)O)C(F)(F)F. The lowest BCUT2D eigenvalue weighted by atomic mass is 10.2. The molecule has 164 valence electrons. The molecule has 0 aromatic carbocycles. The fraction of sp³-hybridized carbons (Fsp3) is 0.667. The molecular weight excluding hydrogens is 440 g/mol. The highest BCUT2D eigenvalue weighted by molar-refractivity contribution is 7.85. The molecule has 28 heavy (non-hydrogen) atoms. The van der Waals surface area contributed by atoms with Crippen LogP contribution in [0.5, 0.6) is 0 Å². The minimum absolute atomic E-state index is 0.217. The first-order chi connectivity index (χ1) is 12.1. The quantitative estimate of drug-likeness (QED) is 0.261. The molecule has 7 nitrogen and oxygen atoms in total. The van der Waals surface area contributed by atoms with E-state index in [-0.39, 0.29) is 6.92 Å². The van der Waals surface area contributed by atoms with E-state index < -0.39 is 70.3 Å². The molecule has 2 atom stereocenters. The fourth-order valence-corrected chi connectivity index (χ4v) is 2.12. The van der Waals surface area contributed by atoms with Crippen molar-refractivity contribution in [1.82, 2.24) is 0 Å². The van der Waals surface area contributed by atoms with Crippen molar-refractivity contribution in [2.24, 2.45) is 0 Å². The standard InChI is InChI=1S/C12H12F8O7S/c1-5(3-7(21)27-9(10(2,13)14)12(18,19)20)8(22)26-6(11(15,16)17)4-28(23,24)25/h6,9H,1,3-4H2,2H3,(H,23,24,25). The minimum Gasteiger partial charge on any atom is -0.448 e. The Balaban J connectivity index is 5.14. The molecule has 0 aliphatic rings. The van der Waals surface area contributed by atoms with E-state index in [2.05, 4.69) is 16.1 Å². The zero-order valence-corrected chi connectivity index (χ0v) is 14.4. The first-order valence-corrected chi connectivity index (χ1v) is 8.30. The fourth-order valence-electron chi connectivity index (χ4n) is 1.48. The van der Waals surface area contributed by atoms with Gasteiger partial charge in [-0.3, -0.25) is 9.35 Å². The average molecular weight is 452 g/mol. The maximum atomic E-state index is 12.9. The van der Waals surface area contributed by atoms with Gasteiger partial charge < -0.3 is 9.47 Å². The van der Waals surface area contributed by atoms with E-state index in [4.69, 9.17) is 4.55 Å². The van der Waals surface area contributed by atoms with Crippen LogP contribution in [0.15, 0.2) is 12.2 Å². The van der Waals surface area contributed by atoms with Gasteiger partial charge in [0.25, 0.3) is 22.1 Å². The third-order valence-corrected chi connectivity index (χ3v) is 3.35. The van der Waals surface area contributed by atoms with Crippen LogP contribution >= 0.6 is 0 Å². The van der Waals surface area contributed by atoms with Gasteiger partial charge in [-0.25, -0.2) is 13.6 Å². The number of halogens is 8. The molecule has 0 aromatic rings. The van der Waals surface area contributed by atoms with Crippen LogP contribution in [-0.4, -0.2) is 61.1 Å². The summed E-state index contributed by atoms with van der Waals surface area (Å²) in [5.41, 5.74) is -1.25. The molecule has 0 aliphatic carbocycles. The van der Waals surface area contributed by atoms with E-state index >= 15 is 0 Å². The molecule has 0 rings (SSSR count). The number of ether oxygens (including phenoxy) is 2. The van der Waals surface area contributed by atoms with Crippen LogP contribution in [0.25, 0.3) is 0 Å². The topological polar surface area (TPSA) is 107 Å². The first kappa shape index (κ1) is 26.0. The highest BCUT2D eigenvalue weighted by Crippen LogP contribution is 2.34. The molecule has 0 radical (unpaired) electrons. The largest absolute Gasteiger partial charge is 0.448 e. The molecule has 0 aliphatic heterocycles. The summed E-state index contributed by atoms with van der Waals surface area (Å²) in [6.07, 6.45) is -20.1. The number of alkyl halides is 8. The molecule has 0 spiro atoms. The molecule has 0 fully saturated rings. The Labute approximate surface area is 152 Å². The first-order valence-electron chi connectivity index (χ1n) is 6.69. The number of esters is 2. The lowest BCUT2D eigenvalue weighted by Gasteiger charge is -2.25. The Kier molecular flexibility index (Phi) is 7.98. The summed E-state index contributed by atoms with van der Waals surface area (Å²) in [4.78, 5) is 22.7. The highest BCUT2D eigenvalue weighted by Gasteiger charge is 2.56. The van der Waals surface area contributed by atoms with Gasteiger partial charge in [-0.1, -0.05) is 6.58 Å². The molecule has 0 saturated carbocycles. The van der Waals surface area contributed by atoms with Gasteiger partial charge in [0.15, 0.2) is 0 Å². The molecule has 0 saturated heterocycles. The van der Waals surface area contributed by atoms with Gasteiger partial charge in [-0.2, -0.15) is 34.8 Å². The maximum Gasteiger partial charge on any atom is 0.431 e. The van der Waals surface area contributed by atoms with E-state index in [0.29, 0.717) is 0 Å². The molecule has 0 bridgehead atoms. The smallest absolute Gasteiger partial charge is 0.431 e. The summed E-state index contributed by atoms with van der Waals surface area (Å²) < 4.78 is 138. The van der Waals surface area contributed by atoms with Crippen molar-refractivity contribution < 1.29 is 67.2 Å². The van der Waals surface area contributed by atoms with E-state index in [1.807, 2.05) is 0 Å².